The molecular weight excluding hydrogens is 274 g/mol. The molecule has 1 heterocycles. The molecule has 1 saturated heterocycles. The Morgan fingerprint density at radius 1 is 1.19 bits per heavy atom. The maximum atomic E-state index is 12.2. The summed E-state index contributed by atoms with van der Waals surface area (Å²) in [6.07, 6.45) is -0.624. The van der Waals surface area contributed by atoms with Crippen molar-refractivity contribution in [3.63, 3.8) is 0 Å². The first-order chi connectivity index (χ1) is 9.94. The predicted octanol–water partition coefficient (Wildman–Crippen LogP) is 1.01. The minimum atomic E-state index is -1.78. The number of Topliss-reactive ketones (excluding diaryl/α,β-unsaturated/α-hetero) is 1. The number of aliphatic carboxylic acids is 2. The third kappa shape index (κ3) is 3.28. The lowest BCUT2D eigenvalue weighted by atomic mass is 9.74. The van der Waals surface area contributed by atoms with Crippen LogP contribution >= 0.6 is 0 Å². The van der Waals surface area contributed by atoms with Crippen molar-refractivity contribution in [1.82, 2.24) is 4.90 Å². The number of ketones is 1. The highest BCUT2D eigenvalue weighted by Gasteiger charge is 2.50. The van der Waals surface area contributed by atoms with Gasteiger partial charge >= 0.3 is 11.9 Å². The zero-order chi connectivity index (χ0) is 15.5. The molecule has 0 radical (unpaired) electrons. The summed E-state index contributed by atoms with van der Waals surface area (Å²) in [5, 5.41) is 18.2. The van der Waals surface area contributed by atoms with Crippen molar-refractivity contribution in [1.29, 1.82) is 0 Å². The minimum Gasteiger partial charge on any atom is -0.481 e. The van der Waals surface area contributed by atoms with Crippen LogP contribution in [0.25, 0.3) is 0 Å². The molecule has 1 atom stereocenters. The Morgan fingerprint density at radius 3 is 2.38 bits per heavy atom. The number of carbonyl (C=O) groups is 3. The first kappa shape index (κ1) is 15.2. The number of carboxylic acid groups (broad SMARTS) is 2. The summed E-state index contributed by atoms with van der Waals surface area (Å²) in [4.78, 5) is 36.3. The van der Waals surface area contributed by atoms with E-state index in [0.29, 0.717) is 13.1 Å². The van der Waals surface area contributed by atoms with Crippen molar-refractivity contribution in [3.05, 3.63) is 35.9 Å². The Balaban J connectivity index is 2.08. The van der Waals surface area contributed by atoms with Gasteiger partial charge in [0, 0.05) is 13.1 Å². The monoisotopic (exact) mass is 291 g/mol. The average Bonchev–Trinajstić information content (AvgIpc) is 2.42. The Labute approximate surface area is 122 Å². The van der Waals surface area contributed by atoms with E-state index in [-0.39, 0.29) is 13.0 Å². The highest BCUT2D eigenvalue weighted by Crippen LogP contribution is 2.33. The van der Waals surface area contributed by atoms with Crippen molar-refractivity contribution in [2.75, 3.05) is 13.1 Å². The summed E-state index contributed by atoms with van der Waals surface area (Å²) in [7, 11) is 0. The van der Waals surface area contributed by atoms with Gasteiger partial charge in [-0.1, -0.05) is 30.3 Å². The standard InChI is InChI=1S/C15H17NO5/c17-12-10-16(9-11-4-2-1-3-5-11)7-6-15(12,14(20)21)8-13(18)19/h1-5H,6-10H2,(H,18,19)(H,20,21). The van der Waals surface area contributed by atoms with Gasteiger partial charge in [0.1, 0.15) is 5.41 Å². The van der Waals surface area contributed by atoms with Gasteiger partial charge in [0.25, 0.3) is 0 Å². The number of rotatable bonds is 5. The van der Waals surface area contributed by atoms with Gasteiger partial charge in [-0.2, -0.15) is 0 Å². The van der Waals surface area contributed by atoms with Crippen molar-refractivity contribution in [3.8, 4) is 0 Å². The molecule has 1 fully saturated rings. The lowest BCUT2D eigenvalue weighted by molar-refractivity contribution is -0.164. The van der Waals surface area contributed by atoms with E-state index in [2.05, 4.69) is 0 Å². The molecule has 112 valence electrons. The number of carboxylic acids is 2. The van der Waals surface area contributed by atoms with Crippen LogP contribution in [0.4, 0.5) is 0 Å². The highest BCUT2D eigenvalue weighted by molar-refractivity contribution is 6.06. The highest BCUT2D eigenvalue weighted by atomic mass is 16.4. The summed E-state index contributed by atoms with van der Waals surface area (Å²) in [5.74, 6) is -3.13. The molecule has 1 aliphatic rings. The maximum absolute atomic E-state index is 12.2. The van der Waals surface area contributed by atoms with Crippen molar-refractivity contribution >= 4 is 17.7 Å². The molecule has 0 aliphatic carbocycles. The van der Waals surface area contributed by atoms with Crippen LogP contribution in [0.5, 0.6) is 0 Å². The number of likely N-dealkylation sites (tertiary alicyclic amines) is 1. The number of hydrogen-bond donors (Lipinski definition) is 2. The second-order valence-corrected chi connectivity index (χ2v) is 5.33. The molecule has 2 rings (SSSR count). The zero-order valence-electron chi connectivity index (χ0n) is 11.5. The van der Waals surface area contributed by atoms with E-state index < -0.39 is 29.6 Å². The van der Waals surface area contributed by atoms with E-state index in [1.54, 1.807) is 0 Å². The molecule has 0 saturated carbocycles. The van der Waals surface area contributed by atoms with Crippen LogP contribution in [0.15, 0.2) is 30.3 Å². The fourth-order valence-electron chi connectivity index (χ4n) is 2.65. The van der Waals surface area contributed by atoms with Crippen molar-refractivity contribution < 1.29 is 24.6 Å². The van der Waals surface area contributed by atoms with Crippen LogP contribution in [0, 0.1) is 5.41 Å². The van der Waals surface area contributed by atoms with Gasteiger partial charge in [-0.3, -0.25) is 19.3 Å². The summed E-state index contributed by atoms with van der Waals surface area (Å²) >= 11 is 0. The van der Waals surface area contributed by atoms with E-state index in [4.69, 9.17) is 5.11 Å². The Morgan fingerprint density at radius 2 is 1.86 bits per heavy atom. The number of benzene rings is 1. The molecule has 6 heteroatoms. The number of carbonyl (C=O) groups excluding carboxylic acids is 1. The fourth-order valence-corrected chi connectivity index (χ4v) is 2.65. The van der Waals surface area contributed by atoms with Gasteiger partial charge in [0.2, 0.25) is 0 Å². The molecule has 0 spiro atoms. The fraction of sp³-hybridized carbons (Fsp3) is 0.400. The SMILES string of the molecule is O=C(O)CC1(C(=O)O)CCN(Cc2ccccc2)CC1=O. The van der Waals surface area contributed by atoms with Gasteiger partial charge in [0.15, 0.2) is 5.78 Å². The van der Waals surface area contributed by atoms with E-state index >= 15 is 0 Å². The second kappa shape index (κ2) is 6.05. The predicted molar refractivity (Wildman–Crippen MR) is 73.7 cm³/mol. The first-order valence-corrected chi connectivity index (χ1v) is 6.69. The smallest absolute Gasteiger partial charge is 0.317 e. The van der Waals surface area contributed by atoms with Gasteiger partial charge in [-0.25, -0.2) is 0 Å². The van der Waals surface area contributed by atoms with Crippen molar-refractivity contribution in [2.45, 2.75) is 19.4 Å². The summed E-state index contributed by atoms with van der Waals surface area (Å²) < 4.78 is 0. The van der Waals surface area contributed by atoms with Crippen LogP contribution in [0.3, 0.4) is 0 Å². The lowest BCUT2D eigenvalue weighted by Gasteiger charge is -2.36. The largest absolute Gasteiger partial charge is 0.481 e. The Kier molecular flexibility index (Phi) is 4.37. The van der Waals surface area contributed by atoms with E-state index in [1.807, 2.05) is 35.2 Å². The van der Waals surface area contributed by atoms with Gasteiger partial charge in [0.05, 0.1) is 13.0 Å². The summed E-state index contributed by atoms with van der Waals surface area (Å²) in [6.45, 7) is 0.907. The number of nitrogens with zero attached hydrogens (tertiary/aromatic N) is 1. The normalized spacial score (nSPS) is 23.0. The van der Waals surface area contributed by atoms with Gasteiger partial charge < -0.3 is 10.2 Å². The number of hydrogen-bond acceptors (Lipinski definition) is 4. The van der Waals surface area contributed by atoms with Gasteiger partial charge in [-0.05, 0) is 12.0 Å². The molecule has 0 amide bonds. The maximum Gasteiger partial charge on any atom is 0.317 e. The number of piperidine rings is 1. The molecule has 2 N–H and O–H groups in total. The van der Waals surface area contributed by atoms with Crippen LogP contribution in [0.1, 0.15) is 18.4 Å². The first-order valence-electron chi connectivity index (χ1n) is 6.69. The average molecular weight is 291 g/mol. The second-order valence-electron chi connectivity index (χ2n) is 5.33. The van der Waals surface area contributed by atoms with Crippen LogP contribution in [-0.4, -0.2) is 45.9 Å². The Bertz CT molecular complexity index is 556. The minimum absolute atomic E-state index is 0.0281. The molecule has 1 unspecified atom stereocenters. The van der Waals surface area contributed by atoms with E-state index in [0.717, 1.165) is 5.56 Å². The molecule has 1 aliphatic heterocycles. The van der Waals surface area contributed by atoms with E-state index in [9.17, 15) is 19.5 Å². The molecule has 1 aromatic carbocycles. The van der Waals surface area contributed by atoms with Crippen LogP contribution < -0.4 is 0 Å². The Hall–Kier alpha value is -2.21. The third-order valence-electron chi connectivity index (χ3n) is 3.87. The molecule has 6 nitrogen and oxygen atoms in total. The summed E-state index contributed by atoms with van der Waals surface area (Å²) in [6, 6.07) is 9.55. The summed E-state index contributed by atoms with van der Waals surface area (Å²) in [5.41, 5.74) is -0.745. The molecule has 0 bridgehead atoms. The van der Waals surface area contributed by atoms with E-state index in [1.165, 1.54) is 0 Å². The van der Waals surface area contributed by atoms with Crippen molar-refractivity contribution in [2.24, 2.45) is 5.41 Å². The zero-order valence-corrected chi connectivity index (χ0v) is 11.5. The molecule has 21 heavy (non-hydrogen) atoms. The van der Waals surface area contributed by atoms with Crippen LogP contribution in [0.2, 0.25) is 0 Å². The lowest BCUT2D eigenvalue weighted by Crippen LogP contribution is -2.52. The quantitative estimate of drug-likeness (QED) is 0.786. The molecule has 0 aromatic heterocycles. The third-order valence-corrected chi connectivity index (χ3v) is 3.87. The molecule has 1 aromatic rings. The molecular formula is C15H17NO5. The van der Waals surface area contributed by atoms with Crippen LogP contribution in [-0.2, 0) is 20.9 Å². The topological polar surface area (TPSA) is 94.9 Å². The van der Waals surface area contributed by atoms with Gasteiger partial charge in [-0.15, -0.1) is 0 Å².